The second-order valence-electron chi connectivity index (χ2n) is 8.49. The number of anilines is 2. The third-order valence-electron chi connectivity index (χ3n) is 5.46. The fourth-order valence-corrected chi connectivity index (χ4v) is 3.95. The van der Waals surface area contributed by atoms with Crippen LogP contribution in [0.1, 0.15) is 0 Å². The van der Waals surface area contributed by atoms with Crippen LogP contribution in [0.25, 0.3) is 32.9 Å². The summed E-state index contributed by atoms with van der Waals surface area (Å²) in [5.74, 6) is 1.08. The fraction of sp³-hybridized carbons (Fsp3) is 0.154. The van der Waals surface area contributed by atoms with Gasteiger partial charge in [-0.15, -0.1) is 0 Å². The highest BCUT2D eigenvalue weighted by atomic mass is 19.1. The van der Waals surface area contributed by atoms with Crippen molar-refractivity contribution in [1.82, 2.24) is 29.6 Å². The molecular weight excluding hydrogens is 445 g/mol. The number of aromatic nitrogens is 5. The highest BCUT2D eigenvalue weighted by molar-refractivity contribution is 5.99. The minimum absolute atomic E-state index is 0.278. The summed E-state index contributed by atoms with van der Waals surface area (Å²) in [7, 11) is 5.73. The van der Waals surface area contributed by atoms with E-state index in [9.17, 15) is 0 Å². The van der Waals surface area contributed by atoms with Gasteiger partial charge in [-0.2, -0.15) is 5.10 Å². The van der Waals surface area contributed by atoms with Crippen molar-refractivity contribution in [1.29, 1.82) is 0 Å². The van der Waals surface area contributed by atoms with E-state index in [1.54, 1.807) is 41.3 Å². The summed E-state index contributed by atoms with van der Waals surface area (Å²) in [6.07, 6.45) is 6.77. The largest absolute Gasteiger partial charge is 0.460 e. The molecule has 5 rings (SSSR count). The van der Waals surface area contributed by atoms with Crippen LogP contribution in [0.15, 0.2) is 73.7 Å². The number of halogens is 1. The maximum atomic E-state index is 15.3. The zero-order chi connectivity index (χ0) is 24.5. The third-order valence-corrected chi connectivity index (χ3v) is 5.46. The number of rotatable bonds is 7. The van der Waals surface area contributed by atoms with Gasteiger partial charge in [0.1, 0.15) is 23.7 Å². The lowest BCUT2D eigenvalue weighted by Crippen LogP contribution is -2.17. The van der Waals surface area contributed by atoms with Crippen LogP contribution in [-0.2, 0) is 7.05 Å². The summed E-state index contributed by atoms with van der Waals surface area (Å²) in [6, 6.07) is 10.6. The number of fused-ring (bicyclic) bond motifs is 2. The van der Waals surface area contributed by atoms with Crippen molar-refractivity contribution >= 4 is 33.3 Å². The summed E-state index contributed by atoms with van der Waals surface area (Å²) in [5, 5.41) is 8.44. The number of hydrogen-bond acceptors (Lipinski definition) is 7. The monoisotopic (exact) mass is 469 g/mol. The molecule has 0 radical (unpaired) electrons. The minimum Gasteiger partial charge on any atom is -0.460 e. The van der Waals surface area contributed by atoms with Gasteiger partial charge in [0.15, 0.2) is 5.82 Å². The summed E-state index contributed by atoms with van der Waals surface area (Å²) in [5.41, 5.74) is 3.29. The van der Waals surface area contributed by atoms with E-state index in [-0.39, 0.29) is 5.69 Å². The van der Waals surface area contributed by atoms with Crippen LogP contribution in [-0.4, -0.2) is 50.3 Å². The predicted octanol–water partition coefficient (Wildman–Crippen LogP) is 4.92. The van der Waals surface area contributed by atoms with Gasteiger partial charge in [0, 0.05) is 30.4 Å². The topological polar surface area (TPSA) is 81.0 Å². The molecule has 2 aromatic carbocycles. The van der Waals surface area contributed by atoms with Gasteiger partial charge in [-0.25, -0.2) is 14.4 Å². The van der Waals surface area contributed by atoms with E-state index in [0.717, 1.165) is 11.1 Å². The second kappa shape index (κ2) is 9.11. The summed E-state index contributed by atoms with van der Waals surface area (Å²) >= 11 is 0. The molecule has 0 unspecified atom stereocenters. The van der Waals surface area contributed by atoms with Gasteiger partial charge in [0.2, 0.25) is 0 Å². The van der Waals surface area contributed by atoms with E-state index in [1.807, 2.05) is 44.4 Å². The highest BCUT2D eigenvalue weighted by Crippen LogP contribution is 2.37. The Balaban J connectivity index is 1.64. The van der Waals surface area contributed by atoms with Crippen molar-refractivity contribution in [2.75, 3.05) is 26.0 Å². The van der Waals surface area contributed by atoms with Crippen LogP contribution in [0.2, 0.25) is 0 Å². The second-order valence-corrected chi connectivity index (χ2v) is 8.49. The van der Waals surface area contributed by atoms with Crippen molar-refractivity contribution in [3.05, 3.63) is 79.5 Å². The molecule has 0 amide bonds. The highest BCUT2D eigenvalue weighted by Gasteiger charge is 2.17. The smallest absolute Gasteiger partial charge is 0.156 e. The number of likely N-dealkylation sites (N-methyl/N-ethyl adjacent to an activating group) is 1. The molecule has 0 atom stereocenters. The van der Waals surface area contributed by atoms with Gasteiger partial charge in [-0.1, -0.05) is 6.58 Å². The van der Waals surface area contributed by atoms with Gasteiger partial charge in [0.05, 0.1) is 34.8 Å². The SMILES string of the molecule is C=C(CN(C)C)Oc1cc(-c2cnn(C)c2)cc2ncnc(Nc3ccc4ncccc4c3F)c12. The summed E-state index contributed by atoms with van der Waals surface area (Å²) in [4.78, 5) is 15.1. The molecule has 9 heteroatoms. The number of aryl methyl sites for hydroxylation is 1. The molecule has 0 saturated carbocycles. The Labute approximate surface area is 201 Å². The maximum absolute atomic E-state index is 15.3. The summed E-state index contributed by atoms with van der Waals surface area (Å²) < 4.78 is 23.2. The Kier molecular flexibility index (Phi) is 5.84. The molecule has 3 aromatic heterocycles. The zero-order valence-corrected chi connectivity index (χ0v) is 19.7. The molecule has 1 N–H and O–H groups in total. The van der Waals surface area contributed by atoms with Gasteiger partial charge < -0.3 is 15.0 Å². The molecule has 3 heterocycles. The first kappa shape index (κ1) is 22.4. The molecule has 0 aliphatic carbocycles. The van der Waals surface area contributed by atoms with Crippen molar-refractivity contribution in [3.63, 3.8) is 0 Å². The van der Waals surface area contributed by atoms with Crippen molar-refractivity contribution in [3.8, 4) is 16.9 Å². The molecule has 0 saturated heterocycles. The Bertz CT molecular complexity index is 1560. The van der Waals surface area contributed by atoms with Gasteiger partial charge >= 0.3 is 0 Å². The molecule has 35 heavy (non-hydrogen) atoms. The van der Waals surface area contributed by atoms with Gasteiger partial charge in [-0.3, -0.25) is 9.67 Å². The van der Waals surface area contributed by atoms with E-state index in [1.165, 1.54) is 6.33 Å². The van der Waals surface area contributed by atoms with Crippen LogP contribution in [0.4, 0.5) is 15.9 Å². The average molecular weight is 470 g/mol. The number of pyridine rings is 1. The molecular formula is C26H24FN7O. The molecule has 8 nitrogen and oxygen atoms in total. The number of hydrogen-bond donors (Lipinski definition) is 1. The van der Waals surface area contributed by atoms with Crippen molar-refractivity contribution in [2.24, 2.45) is 7.05 Å². The lowest BCUT2D eigenvalue weighted by Gasteiger charge is -2.17. The third kappa shape index (κ3) is 4.53. The van der Waals surface area contributed by atoms with E-state index in [2.05, 4.69) is 31.9 Å². The molecule has 0 aliphatic rings. The standard InChI is InChI=1S/C26H24FN7O/c1-16(13-33(2)3)35-23-11-17(18-12-31-34(4)14-18)10-22-24(23)26(30-15-29-22)32-21-8-7-20-19(25(21)27)6-5-9-28-20/h5-12,14-15H,1,13H2,2-4H3,(H,29,30,32). The van der Waals surface area contributed by atoms with E-state index in [0.29, 0.717) is 45.7 Å². The van der Waals surface area contributed by atoms with Crippen LogP contribution in [0, 0.1) is 5.82 Å². The summed E-state index contributed by atoms with van der Waals surface area (Å²) in [6.45, 7) is 4.59. The zero-order valence-electron chi connectivity index (χ0n) is 19.7. The number of benzene rings is 2. The van der Waals surface area contributed by atoms with Crippen LogP contribution in [0.5, 0.6) is 5.75 Å². The van der Waals surface area contributed by atoms with Crippen LogP contribution in [0.3, 0.4) is 0 Å². The minimum atomic E-state index is -0.408. The van der Waals surface area contributed by atoms with Crippen LogP contribution >= 0.6 is 0 Å². The Morgan fingerprint density at radius 2 is 1.97 bits per heavy atom. The average Bonchev–Trinajstić information content (AvgIpc) is 3.26. The lowest BCUT2D eigenvalue weighted by atomic mass is 10.1. The molecule has 176 valence electrons. The predicted molar refractivity (Wildman–Crippen MR) is 135 cm³/mol. The van der Waals surface area contributed by atoms with Crippen molar-refractivity contribution < 1.29 is 9.13 Å². The number of ether oxygens (including phenoxy) is 1. The van der Waals surface area contributed by atoms with Crippen LogP contribution < -0.4 is 10.1 Å². The number of nitrogens with zero attached hydrogens (tertiary/aromatic N) is 6. The van der Waals surface area contributed by atoms with Crippen molar-refractivity contribution in [2.45, 2.75) is 0 Å². The van der Waals surface area contributed by atoms with E-state index < -0.39 is 5.82 Å². The Hall–Kier alpha value is -4.37. The Morgan fingerprint density at radius 1 is 1.11 bits per heavy atom. The first-order valence-electron chi connectivity index (χ1n) is 11.0. The molecule has 0 bridgehead atoms. The first-order chi connectivity index (χ1) is 16.9. The Morgan fingerprint density at radius 3 is 2.74 bits per heavy atom. The van der Waals surface area contributed by atoms with Gasteiger partial charge in [0.25, 0.3) is 0 Å². The molecule has 5 aromatic rings. The lowest BCUT2D eigenvalue weighted by molar-refractivity contribution is 0.341. The maximum Gasteiger partial charge on any atom is 0.156 e. The molecule has 0 spiro atoms. The fourth-order valence-electron chi connectivity index (χ4n) is 3.95. The molecule has 0 aliphatic heterocycles. The number of nitrogens with one attached hydrogen (secondary N) is 1. The first-order valence-corrected chi connectivity index (χ1v) is 11.0. The molecule has 0 fully saturated rings. The quantitative estimate of drug-likeness (QED) is 0.339. The van der Waals surface area contributed by atoms with E-state index >= 15 is 4.39 Å². The normalized spacial score (nSPS) is 11.3. The van der Waals surface area contributed by atoms with Gasteiger partial charge in [-0.05, 0) is 56.1 Å². The van der Waals surface area contributed by atoms with E-state index in [4.69, 9.17) is 4.74 Å².